The third-order valence-electron chi connectivity index (χ3n) is 4.08. The van der Waals surface area contributed by atoms with Crippen LogP contribution in [0.15, 0.2) is 30.5 Å². The minimum absolute atomic E-state index is 0.00151. The van der Waals surface area contributed by atoms with Crippen LogP contribution < -0.4 is 5.32 Å². The number of carbonyl (C=O) groups is 5. The summed E-state index contributed by atoms with van der Waals surface area (Å²) in [5.74, 6) is -3.19. The number of rotatable bonds is 7. The summed E-state index contributed by atoms with van der Waals surface area (Å²) in [7, 11) is 3.92. The Morgan fingerprint density at radius 2 is 1.60 bits per heavy atom. The third kappa shape index (κ3) is 5.10. The summed E-state index contributed by atoms with van der Waals surface area (Å²) in [6, 6.07) is 5.24. The van der Waals surface area contributed by atoms with Gasteiger partial charge in [-0.2, -0.15) is 0 Å². The molecule has 1 amide bonds. The maximum Gasteiger partial charge on any atom is 0.355 e. The standard InChI is InChI=1S/C20H20N2O8/c1-11(23)13-8-16(22(2)9-13)20(27)30-10-17(24)21-15-7-12(18(25)28-3)5-6-14(15)19(26)29-4/h5-9H,10H2,1-4H3,(H,21,24). The zero-order chi connectivity index (χ0) is 22.4. The normalized spacial score (nSPS) is 10.1. The molecule has 0 aliphatic carbocycles. The number of carbonyl (C=O) groups excluding carboxylic acids is 5. The molecule has 158 valence electrons. The monoisotopic (exact) mass is 416 g/mol. The second-order valence-corrected chi connectivity index (χ2v) is 6.15. The number of Topliss-reactive ketones (excluding diaryl/α,β-unsaturated/α-hetero) is 1. The first-order valence-corrected chi connectivity index (χ1v) is 8.62. The molecular weight excluding hydrogens is 396 g/mol. The van der Waals surface area contributed by atoms with Crippen molar-refractivity contribution in [3.8, 4) is 0 Å². The topological polar surface area (TPSA) is 130 Å². The van der Waals surface area contributed by atoms with Crippen molar-refractivity contribution in [3.63, 3.8) is 0 Å². The Morgan fingerprint density at radius 1 is 0.933 bits per heavy atom. The summed E-state index contributed by atoms with van der Waals surface area (Å²) in [5.41, 5.74) is 0.507. The number of aryl methyl sites for hydroxylation is 1. The Labute approximate surface area is 171 Å². The van der Waals surface area contributed by atoms with Gasteiger partial charge in [0, 0.05) is 18.8 Å². The van der Waals surface area contributed by atoms with E-state index >= 15 is 0 Å². The van der Waals surface area contributed by atoms with Crippen LogP contribution in [-0.2, 0) is 26.1 Å². The minimum Gasteiger partial charge on any atom is -0.465 e. The first kappa shape index (κ1) is 22.3. The lowest BCUT2D eigenvalue weighted by Crippen LogP contribution is -2.23. The summed E-state index contributed by atoms with van der Waals surface area (Å²) < 4.78 is 15.7. The quantitative estimate of drug-likeness (QED) is 0.409. The molecule has 0 unspecified atom stereocenters. The van der Waals surface area contributed by atoms with E-state index in [2.05, 4.69) is 14.8 Å². The van der Waals surface area contributed by atoms with Gasteiger partial charge in [0.05, 0.1) is 31.0 Å². The van der Waals surface area contributed by atoms with Crippen LogP contribution in [0.4, 0.5) is 5.69 Å². The van der Waals surface area contributed by atoms with Gasteiger partial charge in [0.2, 0.25) is 0 Å². The fourth-order valence-corrected chi connectivity index (χ4v) is 2.53. The first-order chi connectivity index (χ1) is 14.2. The predicted molar refractivity (Wildman–Crippen MR) is 103 cm³/mol. The number of esters is 3. The zero-order valence-corrected chi connectivity index (χ0v) is 16.8. The number of amides is 1. The highest BCUT2D eigenvalue weighted by Gasteiger charge is 2.19. The van der Waals surface area contributed by atoms with Crippen LogP contribution >= 0.6 is 0 Å². The van der Waals surface area contributed by atoms with E-state index in [4.69, 9.17) is 4.74 Å². The molecule has 1 heterocycles. The lowest BCUT2D eigenvalue weighted by atomic mass is 10.1. The lowest BCUT2D eigenvalue weighted by molar-refractivity contribution is -0.119. The molecule has 0 radical (unpaired) electrons. The van der Waals surface area contributed by atoms with Crippen molar-refractivity contribution in [2.24, 2.45) is 7.05 Å². The molecule has 30 heavy (non-hydrogen) atoms. The van der Waals surface area contributed by atoms with Crippen molar-refractivity contribution in [1.82, 2.24) is 4.57 Å². The molecule has 0 atom stereocenters. The third-order valence-corrected chi connectivity index (χ3v) is 4.08. The molecule has 10 heteroatoms. The molecule has 2 aromatic rings. The van der Waals surface area contributed by atoms with Gasteiger partial charge in [-0.15, -0.1) is 0 Å². The maximum atomic E-state index is 12.2. The van der Waals surface area contributed by atoms with Crippen LogP contribution in [0.25, 0.3) is 0 Å². The van der Waals surface area contributed by atoms with E-state index in [1.807, 2.05) is 0 Å². The van der Waals surface area contributed by atoms with E-state index in [0.29, 0.717) is 5.56 Å². The van der Waals surface area contributed by atoms with Gasteiger partial charge in [-0.1, -0.05) is 0 Å². The molecule has 1 N–H and O–H groups in total. The van der Waals surface area contributed by atoms with Crippen molar-refractivity contribution in [2.75, 3.05) is 26.1 Å². The molecule has 0 saturated heterocycles. The van der Waals surface area contributed by atoms with Gasteiger partial charge in [-0.3, -0.25) is 9.59 Å². The van der Waals surface area contributed by atoms with E-state index in [0.717, 1.165) is 0 Å². The van der Waals surface area contributed by atoms with Gasteiger partial charge >= 0.3 is 17.9 Å². The van der Waals surface area contributed by atoms with E-state index in [1.165, 1.54) is 56.2 Å². The van der Waals surface area contributed by atoms with Crippen molar-refractivity contribution in [3.05, 3.63) is 52.8 Å². The number of hydrogen-bond donors (Lipinski definition) is 1. The number of ketones is 1. The highest BCUT2D eigenvalue weighted by atomic mass is 16.5. The molecule has 0 fully saturated rings. The number of nitrogens with zero attached hydrogens (tertiary/aromatic N) is 1. The van der Waals surface area contributed by atoms with Crippen LogP contribution in [0.1, 0.15) is 48.5 Å². The van der Waals surface area contributed by atoms with Crippen LogP contribution in [0, 0.1) is 0 Å². The maximum absolute atomic E-state index is 12.2. The minimum atomic E-state index is -0.809. The van der Waals surface area contributed by atoms with Gasteiger partial charge in [-0.05, 0) is 31.2 Å². The van der Waals surface area contributed by atoms with Crippen molar-refractivity contribution < 1.29 is 38.2 Å². The molecule has 0 aliphatic heterocycles. The average Bonchev–Trinajstić information content (AvgIpc) is 3.12. The number of hydrogen-bond acceptors (Lipinski definition) is 8. The number of aromatic nitrogens is 1. The summed E-state index contributed by atoms with van der Waals surface area (Å²) in [5, 5.41) is 2.40. The average molecular weight is 416 g/mol. The number of methoxy groups -OCH3 is 2. The molecule has 0 aliphatic rings. The molecule has 1 aromatic carbocycles. The van der Waals surface area contributed by atoms with Gasteiger partial charge < -0.3 is 24.1 Å². The highest BCUT2D eigenvalue weighted by molar-refractivity contribution is 6.04. The predicted octanol–water partition coefficient (Wildman–Crippen LogP) is 1.60. The van der Waals surface area contributed by atoms with Crippen molar-refractivity contribution in [2.45, 2.75) is 6.92 Å². The Bertz CT molecular complexity index is 1020. The summed E-state index contributed by atoms with van der Waals surface area (Å²) in [6.07, 6.45) is 1.47. The number of ether oxygens (including phenoxy) is 3. The van der Waals surface area contributed by atoms with Crippen LogP contribution in [0.2, 0.25) is 0 Å². The Kier molecular flexibility index (Phi) is 7.08. The zero-order valence-electron chi connectivity index (χ0n) is 16.8. The number of anilines is 1. The van der Waals surface area contributed by atoms with Crippen LogP contribution in [0.3, 0.4) is 0 Å². The SMILES string of the molecule is COC(=O)c1ccc(C(=O)OC)c(NC(=O)COC(=O)c2cc(C(C)=O)cn2C)c1. The molecule has 0 bridgehead atoms. The highest BCUT2D eigenvalue weighted by Crippen LogP contribution is 2.20. The largest absolute Gasteiger partial charge is 0.465 e. The smallest absolute Gasteiger partial charge is 0.355 e. The van der Waals surface area contributed by atoms with Crippen molar-refractivity contribution in [1.29, 1.82) is 0 Å². The van der Waals surface area contributed by atoms with Crippen molar-refractivity contribution >= 4 is 35.3 Å². The molecule has 0 spiro atoms. The lowest BCUT2D eigenvalue weighted by Gasteiger charge is -2.12. The number of benzene rings is 1. The summed E-state index contributed by atoms with van der Waals surface area (Å²) in [4.78, 5) is 59.5. The Morgan fingerprint density at radius 3 is 2.17 bits per heavy atom. The fraction of sp³-hybridized carbons (Fsp3) is 0.250. The second kappa shape index (κ2) is 9.50. The molecule has 0 saturated carbocycles. The van der Waals surface area contributed by atoms with Crippen LogP contribution in [-0.4, -0.2) is 55.0 Å². The van der Waals surface area contributed by atoms with Gasteiger partial charge in [0.15, 0.2) is 12.4 Å². The van der Waals surface area contributed by atoms with Gasteiger partial charge in [0.1, 0.15) is 5.69 Å². The summed E-state index contributed by atoms with van der Waals surface area (Å²) in [6.45, 7) is 0.696. The van der Waals surface area contributed by atoms with Gasteiger partial charge in [0.25, 0.3) is 5.91 Å². The van der Waals surface area contributed by atoms with Gasteiger partial charge in [-0.25, -0.2) is 14.4 Å². The second-order valence-electron chi connectivity index (χ2n) is 6.15. The molecule has 2 rings (SSSR count). The van der Waals surface area contributed by atoms with E-state index in [1.54, 1.807) is 7.05 Å². The van der Waals surface area contributed by atoms with E-state index in [-0.39, 0.29) is 28.3 Å². The molecular formula is C20H20N2O8. The summed E-state index contributed by atoms with van der Waals surface area (Å²) >= 11 is 0. The Balaban J connectivity index is 2.13. The molecule has 1 aromatic heterocycles. The fourth-order valence-electron chi connectivity index (χ4n) is 2.53. The Hall–Kier alpha value is -3.95. The first-order valence-electron chi connectivity index (χ1n) is 8.62. The van der Waals surface area contributed by atoms with E-state index < -0.39 is 30.4 Å². The number of nitrogens with one attached hydrogen (secondary N) is 1. The van der Waals surface area contributed by atoms with E-state index in [9.17, 15) is 24.0 Å². The van der Waals surface area contributed by atoms with Crippen LogP contribution in [0.5, 0.6) is 0 Å². The molecule has 10 nitrogen and oxygen atoms in total.